The second kappa shape index (κ2) is 9.14. The summed E-state index contributed by atoms with van der Waals surface area (Å²) in [6.45, 7) is 1.74. The normalized spacial score (nSPS) is 9.85. The summed E-state index contributed by atoms with van der Waals surface area (Å²) in [6.07, 6.45) is 0.356. The van der Waals surface area contributed by atoms with Gasteiger partial charge in [-0.2, -0.15) is 0 Å². The zero-order chi connectivity index (χ0) is 19.8. The molecule has 0 aliphatic rings. The third kappa shape index (κ3) is 5.40. The van der Waals surface area contributed by atoms with E-state index in [-0.39, 0.29) is 11.5 Å². The summed E-state index contributed by atoms with van der Waals surface area (Å²) in [7, 11) is 1.27. The second-order valence-corrected chi connectivity index (χ2v) is 5.46. The largest absolute Gasteiger partial charge is 0.465 e. The van der Waals surface area contributed by atoms with Crippen molar-refractivity contribution >= 4 is 29.4 Å². The molecule has 0 radical (unpaired) electrons. The Morgan fingerprint density at radius 2 is 1.22 bits per heavy atom. The highest BCUT2D eigenvalue weighted by molar-refractivity contribution is 6.00. The number of hydrazine groups is 1. The molecule has 0 atom stereocenters. The number of carbonyl (C=O) groups is 4. The molecular formula is C19H19N3O5. The van der Waals surface area contributed by atoms with E-state index in [1.807, 2.05) is 0 Å². The molecule has 3 amide bonds. The van der Waals surface area contributed by atoms with Crippen LogP contribution in [0.1, 0.15) is 44.4 Å². The van der Waals surface area contributed by atoms with Crippen LogP contribution < -0.4 is 16.2 Å². The molecule has 0 aliphatic heterocycles. The Bertz CT molecular complexity index is 845. The summed E-state index contributed by atoms with van der Waals surface area (Å²) in [4.78, 5) is 46.8. The maximum Gasteiger partial charge on any atom is 0.337 e. The molecule has 0 aliphatic carbocycles. The highest BCUT2D eigenvalue weighted by atomic mass is 16.5. The number of hydrogen-bond donors (Lipinski definition) is 3. The lowest BCUT2D eigenvalue weighted by atomic mass is 10.1. The van der Waals surface area contributed by atoms with Gasteiger partial charge in [-0.15, -0.1) is 0 Å². The Morgan fingerprint density at radius 3 is 1.67 bits per heavy atom. The number of esters is 1. The van der Waals surface area contributed by atoms with Crippen molar-refractivity contribution < 1.29 is 23.9 Å². The van der Waals surface area contributed by atoms with Crippen molar-refractivity contribution in [3.05, 3.63) is 65.2 Å². The van der Waals surface area contributed by atoms with Crippen LogP contribution in [0.25, 0.3) is 0 Å². The van der Waals surface area contributed by atoms with Crippen molar-refractivity contribution in [1.82, 2.24) is 10.9 Å². The number of rotatable bonds is 5. The third-order valence-electron chi connectivity index (χ3n) is 3.61. The second-order valence-electron chi connectivity index (χ2n) is 5.46. The summed E-state index contributed by atoms with van der Waals surface area (Å²) in [5, 5.41) is 2.67. The van der Waals surface area contributed by atoms with Gasteiger partial charge in [0, 0.05) is 23.2 Å². The predicted molar refractivity (Wildman–Crippen MR) is 98.1 cm³/mol. The van der Waals surface area contributed by atoms with Gasteiger partial charge in [-0.1, -0.05) is 6.92 Å². The van der Waals surface area contributed by atoms with Crippen LogP contribution in [0.5, 0.6) is 0 Å². The molecule has 2 aromatic carbocycles. The Labute approximate surface area is 155 Å². The summed E-state index contributed by atoms with van der Waals surface area (Å²) in [6, 6.07) is 12.0. The summed E-state index contributed by atoms with van der Waals surface area (Å²) >= 11 is 0. The minimum Gasteiger partial charge on any atom is -0.465 e. The number of amides is 3. The Kier molecular flexibility index (Phi) is 6.65. The SMILES string of the molecule is CCC(=O)Nc1ccc(C(=O)NNC(=O)c2ccc(C(=O)OC)cc2)cc1. The van der Waals surface area contributed by atoms with E-state index in [1.165, 1.54) is 43.5 Å². The van der Waals surface area contributed by atoms with E-state index in [0.29, 0.717) is 23.2 Å². The monoisotopic (exact) mass is 369 g/mol. The van der Waals surface area contributed by atoms with Gasteiger partial charge < -0.3 is 10.1 Å². The van der Waals surface area contributed by atoms with Gasteiger partial charge in [0.05, 0.1) is 12.7 Å². The lowest BCUT2D eigenvalue weighted by Gasteiger charge is -2.09. The van der Waals surface area contributed by atoms with Crippen molar-refractivity contribution in [2.45, 2.75) is 13.3 Å². The fraction of sp³-hybridized carbons (Fsp3) is 0.158. The van der Waals surface area contributed by atoms with Crippen LogP contribution in [-0.2, 0) is 9.53 Å². The number of anilines is 1. The van der Waals surface area contributed by atoms with E-state index in [0.717, 1.165) is 0 Å². The first-order valence-corrected chi connectivity index (χ1v) is 8.13. The first-order valence-electron chi connectivity index (χ1n) is 8.13. The average Bonchev–Trinajstić information content (AvgIpc) is 2.71. The molecule has 3 N–H and O–H groups in total. The summed E-state index contributed by atoms with van der Waals surface area (Å²) in [5.74, 6) is -1.68. The Balaban J connectivity index is 1.91. The first-order chi connectivity index (χ1) is 12.9. The molecular weight excluding hydrogens is 350 g/mol. The van der Waals surface area contributed by atoms with Crippen LogP contribution in [0, 0.1) is 0 Å². The molecule has 0 bridgehead atoms. The molecule has 0 unspecified atom stereocenters. The molecule has 0 aromatic heterocycles. The molecule has 0 fully saturated rings. The van der Waals surface area contributed by atoms with Gasteiger partial charge in [0.25, 0.3) is 11.8 Å². The van der Waals surface area contributed by atoms with Gasteiger partial charge in [-0.25, -0.2) is 4.79 Å². The zero-order valence-corrected chi connectivity index (χ0v) is 14.9. The van der Waals surface area contributed by atoms with Gasteiger partial charge >= 0.3 is 5.97 Å². The molecule has 0 spiro atoms. The standard InChI is InChI=1S/C19H19N3O5/c1-3-16(23)20-15-10-8-13(9-11-15)18(25)22-21-17(24)12-4-6-14(7-5-12)19(26)27-2/h4-11H,3H2,1-2H3,(H,20,23)(H,21,24)(H,22,25). The van der Waals surface area contributed by atoms with Gasteiger partial charge in [-0.05, 0) is 48.5 Å². The van der Waals surface area contributed by atoms with Crippen LogP contribution in [0.3, 0.4) is 0 Å². The average molecular weight is 369 g/mol. The Hall–Kier alpha value is -3.68. The van der Waals surface area contributed by atoms with E-state index in [1.54, 1.807) is 19.1 Å². The zero-order valence-electron chi connectivity index (χ0n) is 14.9. The van der Waals surface area contributed by atoms with Crippen LogP contribution in [-0.4, -0.2) is 30.8 Å². The predicted octanol–water partition coefficient (Wildman–Crippen LogP) is 1.90. The summed E-state index contributed by atoms with van der Waals surface area (Å²) < 4.78 is 4.58. The summed E-state index contributed by atoms with van der Waals surface area (Å²) in [5.41, 5.74) is 6.06. The van der Waals surface area contributed by atoms with Crippen LogP contribution in [0.4, 0.5) is 5.69 Å². The minimum absolute atomic E-state index is 0.127. The third-order valence-corrected chi connectivity index (χ3v) is 3.61. The van der Waals surface area contributed by atoms with E-state index >= 15 is 0 Å². The highest BCUT2D eigenvalue weighted by Crippen LogP contribution is 2.10. The molecule has 0 saturated heterocycles. The van der Waals surface area contributed by atoms with Crippen molar-refractivity contribution in [1.29, 1.82) is 0 Å². The smallest absolute Gasteiger partial charge is 0.337 e. The molecule has 0 saturated carbocycles. The van der Waals surface area contributed by atoms with E-state index in [2.05, 4.69) is 20.9 Å². The number of carbonyl (C=O) groups excluding carboxylic acids is 4. The van der Waals surface area contributed by atoms with Crippen molar-refractivity contribution in [3.63, 3.8) is 0 Å². The lowest BCUT2D eigenvalue weighted by molar-refractivity contribution is -0.115. The molecule has 140 valence electrons. The molecule has 0 heterocycles. The van der Waals surface area contributed by atoms with E-state index in [4.69, 9.17) is 0 Å². The number of ether oxygens (including phenoxy) is 1. The van der Waals surface area contributed by atoms with Crippen molar-refractivity contribution in [2.24, 2.45) is 0 Å². The minimum atomic E-state index is -0.536. The van der Waals surface area contributed by atoms with Crippen LogP contribution in [0.15, 0.2) is 48.5 Å². The van der Waals surface area contributed by atoms with Crippen LogP contribution in [0.2, 0.25) is 0 Å². The molecule has 8 nitrogen and oxygen atoms in total. The van der Waals surface area contributed by atoms with Gasteiger partial charge in [0.15, 0.2) is 0 Å². The van der Waals surface area contributed by atoms with Crippen molar-refractivity contribution in [2.75, 3.05) is 12.4 Å². The fourth-order valence-corrected chi connectivity index (χ4v) is 2.09. The first kappa shape index (κ1) is 19.6. The van der Waals surface area contributed by atoms with Gasteiger partial charge in [0.2, 0.25) is 5.91 Å². The maximum atomic E-state index is 12.1. The fourth-order valence-electron chi connectivity index (χ4n) is 2.09. The highest BCUT2D eigenvalue weighted by Gasteiger charge is 2.11. The quantitative estimate of drug-likeness (QED) is 0.550. The number of methoxy groups -OCH3 is 1. The molecule has 2 rings (SSSR count). The number of hydrogen-bond acceptors (Lipinski definition) is 5. The van der Waals surface area contributed by atoms with Gasteiger partial charge in [-0.3, -0.25) is 25.2 Å². The van der Waals surface area contributed by atoms with Crippen LogP contribution >= 0.6 is 0 Å². The van der Waals surface area contributed by atoms with Gasteiger partial charge in [0.1, 0.15) is 0 Å². The number of nitrogens with one attached hydrogen (secondary N) is 3. The van der Waals surface area contributed by atoms with E-state index in [9.17, 15) is 19.2 Å². The molecule has 27 heavy (non-hydrogen) atoms. The topological polar surface area (TPSA) is 114 Å². The molecule has 2 aromatic rings. The van der Waals surface area contributed by atoms with E-state index < -0.39 is 17.8 Å². The Morgan fingerprint density at radius 1 is 0.778 bits per heavy atom. The van der Waals surface area contributed by atoms with Crippen molar-refractivity contribution in [3.8, 4) is 0 Å². The lowest BCUT2D eigenvalue weighted by Crippen LogP contribution is -2.41. The number of benzene rings is 2. The maximum absolute atomic E-state index is 12.1. The molecule has 8 heteroatoms.